The van der Waals surface area contributed by atoms with Crippen molar-refractivity contribution in [2.75, 3.05) is 6.54 Å². The van der Waals surface area contributed by atoms with E-state index in [1.54, 1.807) is 10.9 Å². The van der Waals surface area contributed by atoms with Gasteiger partial charge in [0.2, 0.25) is 0 Å². The number of aromatic amines is 1. The summed E-state index contributed by atoms with van der Waals surface area (Å²) in [6.07, 6.45) is 5.36. The highest BCUT2D eigenvalue weighted by Gasteiger charge is 2.19. The molecule has 0 aliphatic carbocycles. The molecule has 0 saturated carbocycles. The molecule has 1 amide bonds. The fourth-order valence-corrected chi connectivity index (χ4v) is 1.63. The third-order valence-electron chi connectivity index (χ3n) is 2.53. The van der Waals surface area contributed by atoms with Crippen molar-refractivity contribution in [1.29, 1.82) is 0 Å². The second-order valence-electron chi connectivity index (χ2n) is 3.96. The van der Waals surface area contributed by atoms with Crippen molar-refractivity contribution in [1.82, 2.24) is 25.1 Å². The summed E-state index contributed by atoms with van der Waals surface area (Å²) in [4.78, 5) is 28.7. The lowest BCUT2D eigenvalue weighted by Crippen LogP contribution is -2.27. The maximum absolute atomic E-state index is 11.7. The number of aryl methyl sites for hydroxylation is 1. The molecule has 2 aromatic rings. The van der Waals surface area contributed by atoms with Crippen molar-refractivity contribution >= 4 is 11.9 Å². The third-order valence-corrected chi connectivity index (χ3v) is 2.53. The number of rotatable bonds is 5. The van der Waals surface area contributed by atoms with Crippen LogP contribution in [0.5, 0.6) is 0 Å². The monoisotopic (exact) mass is 263 g/mol. The average Bonchev–Trinajstić information content (AvgIpc) is 2.97. The molecule has 0 aliphatic rings. The topological polar surface area (TPSA) is 113 Å². The zero-order chi connectivity index (χ0) is 13.8. The minimum Gasteiger partial charge on any atom is -0.477 e. The van der Waals surface area contributed by atoms with Crippen LogP contribution in [-0.2, 0) is 13.5 Å². The van der Waals surface area contributed by atoms with Crippen molar-refractivity contribution < 1.29 is 14.7 Å². The maximum Gasteiger partial charge on any atom is 0.354 e. The number of amides is 1. The highest BCUT2D eigenvalue weighted by Crippen LogP contribution is 2.02. The first-order valence-electron chi connectivity index (χ1n) is 5.60. The lowest BCUT2D eigenvalue weighted by atomic mass is 10.2. The van der Waals surface area contributed by atoms with Crippen LogP contribution in [0, 0.1) is 0 Å². The highest BCUT2D eigenvalue weighted by molar-refractivity contribution is 6.02. The van der Waals surface area contributed by atoms with E-state index in [-0.39, 0.29) is 11.4 Å². The van der Waals surface area contributed by atoms with E-state index in [2.05, 4.69) is 20.4 Å². The number of nitrogens with one attached hydrogen (secondary N) is 2. The maximum atomic E-state index is 11.7. The lowest BCUT2D eigenvalue weighted by Gasteiger charge is -2.02. The van der Waals surface area contributed by atoms with Crippen LogP contribution >= 0.6 is 0 Å². The first kappa shape index (κ1) is 12.8. The molecule has 0 unspecified atom stereocenters. The highest BCUT2D eigenvalue weighted by atomic mass is 16.4. The van der Waals surface area contributed by atoms with E-state index in [1.807, 2.05) is 13.2 Å². The Hall–Kier alpha value is -2.64. The van der Waals surface area contributed by atoms with E-state index in [9.17, 15) is 9.59 Å². The molecule has 0 spiro atoms. The van der Waals surface area contributed by atoms with Crippen molar-refractivity contribution in [3.63, 3.8) is 0 Å². The summed E-state index contributed by atoms with van der Waals surface area (Å²) < 4.78 is 1.67. The minimum atomic E-state index is -1.21. The Morgan fingerprint density at radius 1 is 1.53 bits per heavy atom. The van der Waals surface area contributed by atoms with Gasteiger partial charge in [-0.05, 0) is 12.0 Å². The summed E-state index contributed by atoms with van der Waals surface area (Å²) in [7, 11) is 1.81. The van der Waals surface area contributed by atoms with Gasteiger partial charge >= 0.3 is 5.97 Å². The summed E-state index contributed by atoms with van der Waals surface area (Å²) >= 11 is 0. The van der Waals surface area contributed by atoms with Gasteiger partial charge in [0.05, 0.1) is 12.5 Å². The molecule has 0 aromatic carbocycles. The van der Waals surface area contributed by atoms with Gasteiger partial charge in [0.25, 0.3) is 5.91 Å². The van der Waals surface area contributed by atoms with Gasteiger partial charge in [0.1, 0.15) is 0 Å². The molecule has 0 saturated heterocycles. The molecule has 3 N–H and O–H groups in total. The third kappa shape index (κ3) is 2.97. The van der Waals surface area contributed by atoms with Crippen molar-refractivity contribution in [3.8, 4) is 0 Å². The Bertz CT molecular complexity index is 601. The average molecular weight is 263 g/mol. The molecule has 2 rings (SSSR count). The van der Waals surface area contributed by atoms with Gasteiger partial charge < -0.3 is 15.4 Å². The number of hydrogen-bond acceptors (Lipinski definition) is 4. The molecule has 0 fully saturated rings. The zero-order valence-corrected chi connectivity index (χ0v) is 10.3. The van der Waals surface area contributed by atoms with Crippen molar-refractivity contribution in [2.24, 2.45) is 7.05 Å². The molecule has 2 aromatic heterocycles. The quantitative estimate of drug-likeness (QED) is 0.692. The largest absolute Gasteiger partial charge is 0.477 e. The smallest absolute Gasteiger partial charge is 0.354 e. The number of nitrogens with zero attached hydrogens (tertiary/aromatic N) is 3. The van der Waals surface area contributed by atoms with Gasteiger partial charge in [0.15, 0.2) is 11.4 Å². The predicted octanol–water partition coefficient (Wildman–Crippen LogP) is -0.186. The van der Waals surface area contributed by atoms with E-state index in [0.29, 0.717) is 13.0 Å². The lowest BCUT2D eigenvalue weighted by molar-refractivity contribution is 0.0685. The van der Waals surface area contributed by atoms with Gasteiger partial charge in [-0.25, -0.2) is 9.78 Å². The molecule has 8 heteroatoms. The number of hydrogen-bond donors (Lipinski definition) is 3. The molecule has 100 valence electrons. The van der Waals surface area contributed by atoms with Crippen LogP contribution in [0.25, 0.3) is 0 Å². The van der Waals surface area contributed by atoms with Crippen LogP contribution in [0.1, 0.15) is 26.5 Å². The van der Waals surface area contributed by atoms with Crippen molar-refractivity contribution in [2.45, 2.75) is 6.42 Å². The van der Waals surface area contributed by atoms with Gasteiger partial charge in [-0.1, -0.05) is 0 Å². The minimum absolute atomic E-state index is 0.112. The van der Waals surface area contributed by atoms with E-state index in [1.165, 1.54) is 6.33 Å². The summed E-state index contributed by atoms with van der Waals surface area (Å²) in [5.74, 6) is -1.72. The molecule has 0 atom stereocenters. The zero-order valence-electron chi connectivity index (χ0n) is 10.3. The van der Waals surface area contributed by atoms with Crippen LogP contribution in [0.2, 0.25) is 0 Å². The Labute approximate surface area is 108 Å². The number of carboxylic acids is 1. The number of aromatic nitrogens is 4. The Balaban J connectivity index is 1.91. The summed E-state index contributed by atoms with van der Waals surface area (Å²) in [6, 6.07) is 0. The number of aromatic carboxylic acids is 1. The van der Waals surface area contributed by atoms with E-state index in [4.69, 9.17) is 5.11 Å². The molecule has 19 heavy (non-hydrogen) atoms. The first-order valence-corrected chi connectivity index (χ1v) is 5.60. The second kappa shape index (κ2) is 5.34. The Morgan fingerprint density at radius 3 is 2.95 bits per heavy atom. The number of imidazole rings is 1. The molecule has 0 aliphatic heterocycles. The van der Waals surface area contributed by atoms with Crippen LogP contribution in [0.3, 0.4) is 0 Å². The summed E-state index contributed by atoms with van der Waals surface area (Å²) in [5, 5.41) is 15.5. The fraction of sp³-hybridized carbons (Fsp3) is 0.273. The number of carbonyl (C=O) groups is 2. The van der Waals surface area contributed by atoms with E-state index < -0.39 is 11.9 Å². The Kier molecular flexibility index (Phi) is 3.60. The SMILES string of the molecule is Cn1cc(CCNC(=O)c2nc[nH]c2C(=O)O)cn1. The molecular formula is C11H13N5O3. The van der Waals surface area contributed by atoms with Crippen LogP contribution < -0.4 is 5.32 Å². The molecule has 0 bridgehead atoms. The van der Waals surface area contributed by atoms with Gasteiger partial charge in [-0.3, -0.25) is 9.48 Å². The van der Waals surface area contributed by atoms with E-state index in [0.717, 1.165) is 5.56 Å². The normalized spacial score (nSPS) is 10.4. The molecule has 2 heterocycles. The van der Waals surface area contributed by atoms with Crippen molar-refractivity contribution in [3.05, 3.63) is 35.7 Å². The van der Waals surface area contributed by atoms with E-state index >= 15 is 0 Å². The van der Waals surface area contributed by atoms with Crippen LogP contribution in [0.15, 0.2) is 18.7 Å². The van der Waals surface area contributed by atoms with Gasteiger partial charge in [0, 0.05) is 19.8 Å². The van der Waals surface area contributed by atoms with Gasteiger partial charge in [-0.15, -0.1) is 0 Å². The van der Waals surface area contributed by atoms with Crippen LogP contribution in [-0.4, -0.2) is 43.3 Å². The molecule has 0 radical (unpaired) electrons. The first-order chi connectivity index (χ1) is 9.08. The number of carbonyl (C=O) groups excluding carboxylic acids is 1. The number of H-pyrrole nitrogens is 1. The predicted molar refractivity (Wildman–Crippen MR) is 64.8 cm³/mol. The molecule has 8 nitrogen and oxygen atoms in total. The van der Waals surface area contributed by atoms with Gasteiger partial charge in [-0.2, -0.15) is 5.10 Å². The summed E-state index contributed by atoms with van der Waals surface area (Å²) in [5.41, 5.74) is 0.667. The molecular weight excluding hydrogens is 250 g/mol. The fourth-order valence-electron chi connectivity index (χ4n) is 1.63. The second-order valence-corrected chi connectivity index (χ2v) is 3.96. The Morgan fingerprint density at radius 2 is 2.32 bits per heavy atom. The standard InChI is InChI=1S/C11H13N5O3/c1-16-5-7(4-15-16)2-3-12-10(17)8-9(11(18)19)14-6-13-8/h4-6H,2-3H2,1H3,(H,12,17)(H,13,14)(H,18,19). The number of carboxylic acid groups (broad SMARTS) is 1. The summed E-state index contributed by atoms with van der Waals surface area (Å²) in [6.45, 7) is 0.385. The van der Waals surface area contributed by atoms with Crippen LogP contribution in [0.4, 0.5) is 0 Å².